The van der Waals surface area contributed by atoms with Gasteiger partial charge >= 0.3 is 0 Å². The Morgan fingerprint density at radius 3 is 2.24 bits per heavy atom. The fourth-order valence-electron chi connectivity index (χ4n) is 3.30. The fourth-order valence-corrected chi connectivity index (χ4v) is 3.30. The van der Waals surface area contributed by atoms with E-state index >= 15 is 0 Å². The van der Waals surface area contributed by atoms with Gasteiger partial charge in [-0.3, -0.25) is 4.79 Å². The molecule has 0 saturated heterocycles. The molecule has 0 aliphatic rings. The largest absolute Gasteiger partial charge is 0.334 e. The molecule has 0 bridgehead atoms. The Bertz CT molecular complexity index is 979. The van der Waals surface area contributed by atoms with Gasteiger partial charge in [-0.1, -0.05) is 36.4 Å². The fraction of sp³-hybridized carbons (Fsp3) is 0.292. The SMILES string of the molecule is Cc1cc(C)cc(NC(=O)c2cc(C)nc(N(Cc3ccccc3)C(C)C)n2)c1. The van der Waals surface area contributed by atoms with Crippen molar-refractivity contribution in [1.29, 1.82) is 0 Å². The first-order chi connectivity index (χ1) is 13.8. The summed E-state index contributed by atoms with van der Waals surface area (Å²) in [6, 6.07) is 18.1. The van der Waals surface area contributed by atoms with Gasteiger partial charge in [0.05, 0.1) is 0 Å². The normalized spacial score (nSPS) is 10.8. The number of carbonyl (C=O) groups is 1. The number of nitrogens with one attached hydrogen (secondary N) is 1. The minimum atomic E-state index is -0.231. The lowest BCUT2D eigenvalue weighted by molar-refractivity contribution is 0.102. The molecular weight excluding hydrogens is 360 g/mol. The van der Waals surface area contributed by atoms with Gasteiger partial charge in [0.2, 0.25) is 5.95 Å². The maximum atomic E-state index is 12.9. The van der Waals surface area contributed by atoms with E-state index in [0.717, 1.165) is 22.5 Å². The third kappa shape index (κ3) is 5.41. The van der Waals surface area contributed by atoms with Crippen LogP contribution in [-0.2, 0) is 6.54 Å². The van der Waals surface area contributed by atoms with Gasteiger partial charge in [-0.15, -0.1) is 0 Å². The average molecular weight is 389 g/mol. The van der Waals surface area contributed by atoms with Gasteiger partial charge in [0, 0.05) is 24.0 Å². The quantitative estimate of drug-likeness (QED) is 0.640. The van der Waals surface area contributed by atoms with Crippen molar-refractivity contribution in [3.05, 3.63) is 82.7 Å². The second kappa shape index (κ2) is 8.86. The zero-order valence-corrected chi connectivity index (χ0v) is 17.7. The summed E-state index contributed by atoms with van der Waals surface area (Å²) in [5.74, 6) is 0.333. The Balaban J connectivity index is 1.88. The lowest BCUT2D eigenvalue weighted by atomic mass is 10.1. The number of benzene rings is 2. The lowest BCUT2D eigenvalue weighted by Gasteiger charge is -2.27. The third-order valence-electron chi connectivity index (χ3n) is 4.63. The zero-order chi connectivity index (χ0) is 21.0. The van der Waals surface area contributed by atoms with E-state index in [1.165, 1.54) is 5.56 Å². The van der Waals surface area contributed by atoms with Gasteiger partial charge in [-0.2, -0.15) is 0 Å². The highest BCUT2D eigenvalue weighted by Gasteiger charge is 2.18. The minimum Gasteiger partial charge on any atom is -0.334 e. The number of aryl methyl sites for hydroxylation is 3. The first-order valence-electron chi connectivity index (χ1n) is 9.87. The van der Waals surface area contributed by atoms with Crippen LogP contribution >= 0.6 is 0 Å². The number of hydrogen-bond acceptors (Lipinski definition) is 4. The predicted octanol–water partition coefficient (Wildman–Crippen LogP) is 5.07. The summed E-state index contributed by atoms with van der Waals surface area (Å²) in [5.41, 5.74) is 5.29. The van der Waals surface area contributed by atoms with Crippen molar-refractivity contribution < 1.29 is 4.79 Å². The van der Waals surface area contributed by atoms with Crippen LogP contribution in [0, 0.1) is 20.8 Å². The van der Waals surface area contributed by atoms with Crippen molar-refractivity contribution in [3.8, 4) is 0 Å². The lowest BCUT2D eigenvalue weighted by Crippen LogP contribution is -2.32. The summed E-state index contributed by atoms with van der Waals surface area (Å²) in [6.07, 6.45) is 0. The number of hydrogen-bond donors (Lipinski definition) is 1. The van der Waals surface area contributed by atoms with E-state index in [1.54, 1.807) is 6.07 Å². The molecule has 0 spiro atoms. The molecule has 0 fully saturated rings. The number of rotatable bonds is 6. The van der Waals surface area contributed by atoms with Crippen molar-refractivity contribution in [2.45, 2.75) is 47.2 Å². The topological polar surface area (TPSA) is 58.1 Å². The molecule has 5 nitrogen and oxygen atoms in total. The zero-order valence-electron chi connectivity index (χ0n) is 17.7. The number of aromatic nitrogens is 2. The summed E-state index contributed by atoms with van der Waals surface area (Å²) in [5, 5.41) is 2.96. The number of carbonyl (C=O) groups excluding carboxylic acids is 1. The van der Waals surface area contributed by atoms with Gasteiger partial charge in [-0.25, -0.2) is 9.97 Å². The van der Waals surface area contributed by atoms with Crippen molar-refractivity contribution in [1.82, 2.24) is 9.97 Å². The van der Waals surface area contributed by atoms with Crippen LogP contribution in [0.4, 0.5) is 11.6 Å². The molecule has 2 aromatic carbocycles. The van der Waals surface area contributed by atoms with E-state index in [0.29, 0.717) is 18.2 Å². The van der Waals surface area contributed by atoms with Crippen LogP contribution in [0.15, 0.2) is 54.6 Å². The van der Waals surface area contributed by atoms with E-state index in [2.05, 4.69) is 52.2 Å². The molecule has 0 radical (unpaired) electrons. The molecule has 0 aliphatic heterocycles. The molecule has 0 saturated carbocycles. The van der Waals surface area contributed by atoms with Gasteiger partial charge in [0.15, 0.2) is 0 Å². The second-order valence-electron chi connectivity index (χ2n) is 7.73. The van der Waals surface area contributed by atoms with Crippen LogP contribution in [0.3, 0.4) is 0 Å². The maximum absolute atomic E-state index is 12.9. The van der Waals surface area contributed by atoms with Gasteiger partial charge in [-0.05, 0) is 69.5 Å². The van der Waals surface area contributed by atoms with E-state index in [9.17, 15) is 4.79 Å². The van der Waals surface area contributed by atoms with Crippen molar-refractivity contribution >= 4 is 17.5 Å². The molecule has 0 unspecified atom stereocenters. The van der Waals surface area contributed by atoms with Crippen LogP contribution in [-0.4, -0.2) is 21.9 Å². The first kappa shape index (κ1) is 20.5. The maximum Gasteiger partial charge on any atom is 0.274 e. The Hall–Kier alpha value is -3.21. The Labute approximate surface area is 172 Å². The molecule has 3 aromatic rings. The van der Waals surface area contributed by atoms with Crippen LogP contribution in [0.2, 0.25) is 0 Å². The highest BCUT2D eigenvalue weighted by molar-refractivity contribution is 6.03. The van der Waals surface area contributed by atoms with E-state index in [1.807, 2.05) is 51.1 Å². The van der Waals surface area contributed by atoms with Crippen LogP contribution in [0.1, 0.15) is 46.7 Å². The summed E-state index contributed by atoms with van der Waals surface area (Å²) in [4.78, 5) is 24.2. The molecule has 1 amide bonds. The third-order valence-corrected chi connectivity index (χ3v) is 4.63. The Morgan fingerprint density at radius 1 is 0.966 bits per heavy atom. The molecule has 1 heterocycles. The highest BCUT2D eigenvalue weighted by atomic mass is 16.1. The molecule has 150 valence electrons. The summed E-state index contributed by atoms with van der Waals surface area (Å²) < 4.78 is 0. The van der Waals surface area contributed by atoms with Gasteiger partial charge in [0.25, 0.3) is 5.91 Å². The summed E-state index contributed by atoms with van der Waals surface area (Å²) in [6.45, 7) is 10.8. The molecule has 5 heteroatoms. The Morgan fingerprint density at radius 2 is 1.62 bits per heavy atom. The number of nitrogens with zero attached hydrogens (tertiary/aromatic N) is 3. The standard InChI is InChI=1S/C24H28N4O/c1-16(2)28(15-20-9-7-6-8-10-20)24-25-19(5)14-22(27-24)23(29)26-21-12-17(3)11-18(4)13-21/h6-14,16H,15H2,1-5H3,(H,26,29). The molecule has 0 aliphatic carbocycles. The molecule has 3 rings (SSSR count). The second-order valence-corrected chi connectivity index (χ2v) is 7.73. The highest BCUT2D eigenvalue weighted by Crippen LogP contribution is 2.19. The average Bonchev–Trinajstić information content (AvgIpc) is 2.65. The van der Waals surface area contributed by atoms with Crippen molar-refractivity contribution in [2.24, 2.45) is 0 Å². The van der Waals surface area contributed by atoms with Crippen LogP contribution in [0.5, 0.6) is 0 Å². The van der Waals surface area contributed by atoms with E-state index in [-0.39, 0.29) is 11.9 Å². The molecule has 1 N–H and O–H groups in total. The molecule has 29 heavy (non-hydrogen) atoms. The summed E-state index contributed by atoms with van der Waals surface area (Å²) in [7, 11) is 0. The van der Waals surface area contributed by atoms with E-state index < -0.39 is 0 Å². The summed E-state index contributed by atoms with van der Waals surface area (Å²) >= 11 is 0. The van der Waals surface area contributed by atoms with Crippen LogP contribution < -0.4 is 10.2 Å². The first-order valence-corrected chi connectivity index (χ1v) is 9.87. The molecule has 0 atom stereocenters. The number of amides is 1. The predicted molar refractivity (Wildman–Crippen MR) is 118 cm³/mol. The minimum absolute atomic E-state index is 0.187. The molecular formula is C24H28N4O. The Kier molecular flexibility index (Phi) is 6.27. The molecule has 1 aromatic heterocycles. The number of anilines is 2. The van der Waals surface area contributed by atoms with E-state index in [4.69, 9.17) is 0 Å². The van der Waals surface area contributed by atoms with Crippen LogP contribution in [0.25, 0.3) is 0 Å². The smallest absolute Gasteiger partial charge is 0.274 e. The van der Waals surface area contributed by atoms with Gasteiger partial charge < -0.3 is 10.2 Å². The van der Waals surface area contributed by atoms with Crippen molar-refractivity contribution in [2.75, 3.05) is 10.2 Å². The van der Waals surface area contributed by atoms with Gasteiger partial charge in [0.1, 0.15) is 5.69 Å². The monoisotopic (exact) mass is 388 g/mol. The van der Waals surface area contributed by atoms with Crippen molar-refractivity contribution in [3.63, 3.8) is 0 Å².